The average molecular weight is 531 g/mol. The zero-order valence-electron chi connectivity index (χ0n) is 21.7. The maximum Gasteiger partial charge on any atom is 0.339 e. The van der Waals surface area contributed by atoms with Crippen molar-refractivity contribution >= 4 is 23.8 Å². The standard InChI is InChI=1S/C33H26N2O5/c1-2-40-33(39)24-13-16-27(17-14-24)35-29(22-9-5-3-6-10-22)19-25(31(35)23-11-7-4-8-12-23)21-34-26-15-18-30(36)28(20-26)32(37)38/h3-21,36H,2H2,1H3,(H,37,38). The smallest absolute Gasteiger partial charge is 0.339 e. The minimum Gasteiger partial charge on any atom is -0.507 e. The third kappa shape index (κ3) is 5.39. The van der Waals surface area contributed by atoms with Gasteiger partial charge >= 0.3 is 11.9 Å². The van der Waals surface area contributed by atoms with Crippen LogP contribution in [-0.2, 0) is 4.74 Å². The number of rotatable bonds is 8. The highest BCUT2D eigenvalue weighted by atomic mass is 16.5. The molecule has 0 atom stereocenters. The summed E-state index contributed by atoms with van der Waals surface area (Å²) in [6, 6.07) is 33.3. The van der Waals surface area contributed by atoms with Crippen molar-refractivity contribution in [2.45, 2.75) is 6.92 Å². The normalized spacial score (nSPS) is 11.0. The second-order valence-corrected chi connectivity index (χ2v) is 8.93. The van der Waals surface area contributed by atoms with Crippen molar-refractivity contribution in [2.24, 2.45) is 4.99 Å². The summed E-state index contributed by atoms with van der Waals surface area (Å²) in [7, 11) is 0. The topological polar surface area (TPSA) is 101 Å². The molecule has 7 nitrogen and oxygen atoms in total. The molecule has 0 unspecified atom stereocenters. The Bertz CT molecular complexity index is 1690. The maximum atomic E-state index is 12.3. The summed E-state index contributed by atoms with van der Waals surface area (Å²) in [5.74, 6) is -1.93. The molecule has 4 aromatic carbocycles. The maximum absolute atomic E-state index is 12.3. The molecule has 0 saturated carbocycles. The number of hydrogen-bond acceptors (Lipinski definition) is 5. The van der Waals surface area contributed by atoms with E-state index in [1.54, 1.807) is 31.3 Å². The first-order valence-corrected chi connectivity index (χ1v) is 12.7. The third-order valence-electron chi connectivity index (χ3n) is 6.35. The van der Waals surface area contributed by atoms with Gasteiger partial charge < -0.3 is 19.5 Å². The van der Waals surface area contributed by atoms with Gasteiger partial charge in [-0.05, 0) is 66.6 Å². The summed E-state index contributed by atoms with van der Waals surface area (Å²) in [4.78, 5) is 28.4. The number of ether oxygens (including phenoxy) is 1. The van der Waals surface area contributed by atoms with Crippen LogP contribution in [0.5, 0.6) is 5.75 Å². The van der Waals surface area contributed by atoms with Crippen molar-refractivity contribution in [3.8, 4) is 34.0 Å². The van der Waals surface area contributed by atoms with Crippen LogP contribution in [0, 0.1) is 0 Å². The van der Waals surface area contributed by atoms with E-state index in [1.807, 2.05) is 78.9 Å². The Labute approximate surface area is 231 Å². The van der Waals surface area contributed by atoms with E-state index in [0.29, 0.717) is 17.9 Å². The molecule has 198 valence electrons. The highest BCUT2D eigenvalue weighted by Crippen LogP contribution is 2.36. The van der Waals surface area contributed by atoms with Crippen molar-refractivity contribution in [3.05, 3.63) is 126 Å². The Morgan fingerprint density at radius 1 is 0.850 bits per heavy atom. The van der Waals surface area contributed by atoms with Crippen LogP contribution in [0.15, 0.2) is 114 Å². The molecule has 0 amide bonds. The van der Waals surface area contributed by atoms with E-state index in [9.17, 15) is 19.8 Å². The number of carboxylic acid groups (broad SMARTS) is 1. The van der Waals surface area contributed by atoms with E-state index >= 15 is 0 Å². The fourth-order valence-electron chi connectivity index (χ4n) is 4.49. The lowest BCUT2D eigenvalue weighted by Gasteiger charge is -2.15. The van der Waals surface area contributed by atoms with Gasteiger partial charge in [0.15, 0.2) is 0 Å². The molecule has 2 N–H and O–H groups in total. The van der Waals surface area contributed by atoms with Gasteiger partial charge in [0.05, 0.1) is 29.2 Å². The number of phenols is 1. The summed E-state index contributed by atoms with van der Waals surface area (Å²) in [5.41, 5.74) is 5.95. The summed E-state index contributed by atoms with van der Waals surface area (Å²) < 4.78 is 7.26. The zero-order valence-corrected chi connectivity index (χ0v) is 21.7. The molecule has 1 aromatic heterocycles. The molecule has 0 aliphatic heterocycles. The van der Waals surface area contributed by atoms with Gasteiger partial charge in [0.2, 0.25) is 0 Å². The van der Waals surface area contributed by atoms with Gasteiger partial charge in [0.1, 0.15) is 11.3 Å². The quantitative estimate of drug-likeness (QED) is 0.164. The molecule has 0 aliphatic rings. The van der Waals surface area contributed by atoms with Crippen LogP contribution in [0.3, 0.4) is 0 Å². The van der Waals surface area contributed by atoms with Crippen LogP contribution in [-0.4, -0.2) is 39.5 Å². The number of hydrogen-bond donors (Lipinski definition) is 2. The third-order valence-corrected chi connectivity index (χ3v) is 6.35. The lowest BCUT2D eigenvalue weighted by atomic mass is 10.1. The number of carboxylic acids is 1. The van der Waals surface area contributed by atoms with Crippen LogP contribution < -0.4 is 0 Å². The summed E-state index contributed by atoms with van der Waals surface area (Å²) in [5, 5.41) is 19.3. The number of aromatic hydroxyl groups is 1. The molecule has 0 radical (unpaired) electrons. The van der Waals surface area contributed by atoms with E-state index in [4.69, 9.17) is 4.74 Å². The highest BCUT2D eigenvalue weighted by molar-refractivity contribution is 5.96. The minimum absolute atomic E-state index is 0.220. The number of aliphatic imine (C=N–C) groups is 1. The Balaban J connectivity index is 1.71. The molecule has 0 spiro atoms. The number of nitrogens with zero attached hydrogens (tertiary/aromatic N) is 2. The van der Waals surface area contributed by atoms with Crippen molar-refractivity contribution in [2.75, 3.05) is 6.61 Å². The van der Waals surface area contributed by atoms with E-state index in [2.05, 4.69) is 9.56 Å². The van der Waals surface area contributed by atoms with Crippen molar-refractivity contribution in [1.82, 2.24) is 4.57 Å². The molecule has 5 rings (SSSR count). The molecule has 40 heavy (non-hydrogen) atoms. The summed E-state index contributed by atoms with van der Waals surface area (Å²) >= 11 is 0. The van der Waals surface area contributed by atoms with E-state index < -0.39 is 5.97 Å². The monoisotopic (exact) mass is 530 g/mol. The predicted octanol–water partition coefficient (Wildman–Crippen LogP) is 7.14. The van der Waals surface area contributed by atoms with Crippen molar-refractivity contribution < 1.29 is 24.5 Å². The Kier molecular flexibility index (Phi) is 7.55. The van der Waals surface area contributed by atoms with Gasteiger partial charge in [-0.25, -0.2) is 9.59 Å². The molecule has 0 aliphatic carbocycles. The van der Waals surface area contributed by atoms with Crippen LogP contribution in [0.25, 0.3) is 28.2 Å². The molecular weight excluding hydrogens is 504 g/mol. The highest BCUT2D eigenvalue weighted by Gasteiger charge is 2.19. The molecule has 5 aromatic rings. The molecule has 0 bridgehead atoms. The number of carbonyl (C=O) groups excluding carboxylic acids is 1. The molecular formula is C33H26N2O5. The minimum atomic E-state index is -1.23. The second-order valence-electron chi connectivity index (χ2n) is 8.93. The number of carbonyl (C=O) groups is 2. The number of esters is 1. The van der Waals surface area contributed by atoms with Gasteiger partial charge in [0, 0.05) is 17.5 Å². The van der Waals surface area contributed by atoms with E-state index in [-0.39, 0.29) is 17.3 Å². The van der Waals surface area contributed by atoms with Crippen molar-refractivity contribution in [1.29, 1.82) is 0 Å². The van der Waals surface area contributed by atoms with Gasteiger partial charge in [-0.15, -0.1) is 0 Å². The van der Waals surface area contributed by atoms with Crippen LogP contribution >= 0.6 is 0 Å². The molecule has 0 fully saturated rings. The van der Waals surface area contributed by atoms with Gasteiger partial charge in [-0.2, -0.15) is 0 Å². The van der Waals surface area contributed by atoms with Gasteiger partial charge in [0.25, 0.3) is 0 Å². The van der Waals surface area contributed by atoms with Gasteiger partial charge in [-0.3, -0.25) is 4.99 Å². The predicted molar refractivity (Wildman–Crippen MR) is 155 cm³/mol. The average Bonchev–Trinajstić information content (AvgIpc) is 3.37. The first-order valence-electron chi connectivity index (χ1n) is 12.7. The van der Waals surface area contributed by atoms with Crippen LogP contribution in [0.2, 0.25) is 0 Å². The first kappa shape index (κ1) is 26.2. The molecule has 1 heterocycles. The SMILES string of the molecule is CCOC(=O)c1ccc(-n2c(-c3ccccc3)cc(C=Nc3ccc(O)c(C(=O)O)c3)c2-c2ccccc2)cc1. The first-order chi connectivity index (χ1) is 19.5. The molecule has 7 heteroatoms. The Morgan fingerprint density at radius 2 is 1.50 bits per heavy atom. The fourth-order valence-corrected chi connectivity index (χ4v) is 4.49. The van der Waals surface area contributed by atoms with Gasteiger partial charge in [-0.1, -0.05) is 60.7 Å². The lowest BCUT2D eigenvalue weighted by Crippen LogP contribution is -2.05. The second kappa shape index (κ2) is 11.5. The summed E-state index contributed by atoms with van der Waals surface area (Å²) in [6.07, 6.45) is 1.69. The van der Waals surface area contributed by atoms with Crippen molar-refractivity contribution in [3.63, 3.8) is 0 Å². The Hall–Kier alpha value is -5.43. The zero-order chi connectivity index (χ0) is 28.1. The number of aromatic nitrogens is 1. The largest absolute Gasteiger partial charge is 0.507 e. The summed E-state index contributed by atoms with van der Waals surface area (Å²) in [6.45, 7) is 2.07. The van der Waals surface area contributed by atoms with Crippen LogP contribution in [0.1, 0.15) is 33.2 Å². The van der Waals surface area contributed by atoms with Crippen LogP contribution in [0.4, 0.5) is 5.69 Å². The van der Waals surface area contributed by atoms with E-state index in [1.165, 1.54) is 12.1 Å². The van der Waals surface area contributed by atoms with E-state index in [0.717, 1.165) is 33.8 Å². The fraction of sp³-hybridized carbons (Fsp3) is 0.0606. The Morgan fingerprint density at radius 3 is 2.12 bits per heavy atom. The lowest BCUT2D eigenvalue weighted by molar-refractivity contribution is 0.0525. The number of benzene rings is 4. The molecule has 0 saturated heterocycles. The number of aromatic carboxylic acids is 1.